The van der Waals surface area contributed by atoms with Crippen LogP contribution in [0.3, 0.4) is 0 Å². The van der Waals surface area contributed by atoms with Crippen molar-refractivity contribution in [3.63, 3.8) is 0 Å². The summed E-state index contributed by atoms with van der Waals surface area (Å²) in [6.07, 6.45) is 0. The average Bonchev–Trinajstić information content (AvgIpc) is 2.42. The van der Waals surface area contributed by atoms with E-state index in [1.54, 1.807) is 36.4 Å². The molecule has 0 aliphatic rings. The van der Waals surface area contributed by atoms with Gasteiger partial charge in [0, 0.05) is 5.69 Å². The van der Waals surface area contributed by atoms with E-state index in [9.17, 15) is 8.42 Å². The maximum absolute atomic E-state index is 12.6. The lowest BCUT2D eigenvalue weighted by Crippen LogP contribution is -2.15. The van der Waals surface area contributed by atoms with Gasteiger partial charge >= 0.3 is 0 Å². The number of nitrogens with two attached hydrogens (primary N) is 1. The molecule has 0 saturated heterocycles. The molecule has 21 heavy (non-hydrogen) atoms. The molecule has 5 nitrogen and oxygen atoms in total. The van der Waals surface area contributed by atoms with Gasteiger partial charge in [0.1, 0.15) is 10.6 Å². The Balaban J connectivity index is 2.48. The van der Waals surface area contributed by atoms with E-state index in [1.807, 2.05) is 13.8 Å². The number of nitrogen functional groups attached to an aromatic ring is 1. The Hall–Kier alpha value is -2.21. The van der Waals surface area contributed by atoms with Gasteiger partial charge in [-0.3, -0.25) is 4.72 Å². The quantitative estimate of drug-likeness (QED) is 0.851. The van der Waals surface area contributed by atoms with Crippen molar-refractivity contribution in [2.45, 2.75) is 18.7 Å². The van der Waals surface area contributed by atoms with Crippen molar-refractivity contribution >= 4 is 21.4 Å². The van der Waals surface area contributed by atoms with Crippen molar-refractivity contribution in [3.8, 4) is 5.75 Å². The largest absolute Gasteiger partial charge is 0.495 e. The maximum atomic E-state index is 12.6. The fourth-order valence-electron chi connectivity index (χ4n) is 1.94. The third-order valence-electron chi connectivity index (χ3n) is 3.11. The van der Waals surface area contributed by atoms with E-state index in [2.05, 4.69) is 4.72 Å². The molecule has 2 rings (SSSR count). The molecule has 0 heterocycles. The lowest BCUT2D eigenvalue weighted by atomic mass is 10.2. The monoisotopic (exact) mass is 306 g/mol. The molecule has 0 amide bonds. The molecule has 0 atom stereocenters. The van der Waals surface area contributed by atoms with E-state index in [4.69, 9.17) is 10.5 Å². The molecule has 0 aliphatic carbocycles. The van der Waals surface area contributed by atoms with E-state index in [0.29, 0.717) is 17.1 Å². The summed E-state index contributed by atoms with van der Waals surface area (Å²) >= 11 is 0. The zero-order chi connectivity index (χ0) is 15.6. The number of methoxy groups -OCH3 is 1. The Morgan fingerprint density at radius 2 is 1.81 bits per heavy atom. The normalized spacial score (nSPS) is 11.2. The summed E-state index contributed by atoms with van der Waals surface area (Å²) in [5.74, 6) is 0.301. The number of hydrogen-bond acceptors (Lipinski definition) is 4. The standard InChI is InChI=1S/C15H18N2O3S/c1-10-4-7-14(20-3)15(8-10)21(18,19)17-13-9-12(16)6-5-11(13)2/h4-9,17H,16H2,1-3H3. The predicted molar refractivity (Wildman–Crippen MR) is 84.1 cm³/mol. The van der Waals surface area contributed by atoms with Crippen LogP contribution in [0.15, 0.2) is 41.3 Å². The van der Waals surface area contributed by atoms with Crippen LogP contribution in [0.4, 0.5) is 11.4 Å². The Kier molecular flexibility index (Phi) is 4.09. The van der Waals surface area contributed by atoms with Crippen molar-refractivity contribution in [2.75, 3.05) is 17.6 Å². The number of benzene rings is 2. The van der Waals surface area contributed by atoms with E-state index in [1.165, 1.54) is 7.11 Å². The Labute approximate surface area is 124 Å². The van der Waals surface area contributed by atoms with Crippen LogP contribution in [0.2, 0.25) is 0 Å². The topological polar surface area (TPSA) is 81.4 Å². The van der Waals surface area contributed by atoms with E-state index in [-0.39, 0.29) is 4.90 Å². The SMILES string of the molecule is COc1ccc(C)cc1S(=O)(=O)Nc1cc(N)ccc1C. The van der Waals surface area contributed by atoms with Crippen LogP contribution in [0.1, 0.15) is 11.1 Å². The summed E-state index contributed by atoms with van der Waals surface area (Å²) in [4.78, 5) is 0.104. The number of hydrogen-bond donors (Lipinski definition) is 2. The van der Waals surface area contributed by atoms with Crippen molar-refractivity contribution in [1.29, 1.82) is 0 Å². The lowest BCUT2D eigenvalue weighted by Gasteiger charge is -2.14. The first kappa shape index (κ1) is 15.2. The molecule has 0 unspecified atom stereocenters. The molecule has 0 fully saturated rings. The molecule has 0 bridgehead atoms. The van der Waals surface area contributed by atoms with Crippen LogP contribution < -0.4 is 15.2 Å². The zero-order valence-electron chi connectivity index (χ0n) is 12.2. The van der Waals surface area contributed by atoms with Crippen molar-refractivity contribution in [3.05, 3.63) is 47.5 Å². The summed E-state index contributed by atoms with van der Waals surface area (Å²) in [5, 5.41) is 0. The minimum atomic E-state index is -3.75. The van der Waals surface area contributed by atoms with E-state index < -0.39 is 10.0 Å². The maximum Gasteiger partial charge on any atom is 0.265 e. The van der Waals surface area contributed by atoms with Crippen molar-refractivity contribution < 1.29 is 13.2 Å². The lowest BCUT2D eigenvalue weighted by molar-refractivity contribution is 0.402. The van der Waals surface area contributed by atoms with Gasteiger partial charge in [-0.25, -0.2) is 8.42 Å². The summed E-state index contributed by atoms with van der Waals surface area (Å²) in [6.45, 7) is 3.63. The third-order valence-corrected chi connectivity index (χ3v) is 4.50. The van der Waals surface area contributed by atoms with Crippen molar-refractivity contribution in [2.24, 2.45) is 0 Å². The molecule has 2 aromatic rings. The van der Waals surface area contributed by atoms with Gasteiger partial charge < -0.3 is 10.5 Å². The number of sulfonamides is 1. The van der Waals surface area contributed by atoms with Gasteiger partial charge in [-0.05, 0) is 49.2 Å². The Morgan fingerprint density at radius 3 is 2.48 bits per heavy atom. The van der Waals surface area contributed by atoms with Gasteiger partial charge in [0.15, 0.2) is 0 Å². The van der Waals surface area contributed by atoms with Crippen molar-refractivity contribution in [1.82, 2.24) is 0 Å². The Morgan fingerprint density at radius 1 is 1.10 bits per heavy atom. The van der Waals surface area contributed by atoms with Gasteiger partial charge in [-0.15, -0.1) is 0 Å². The molecule has 0 spiro atoms. The molecule has 0 aromatic heterocycles. The smallest absolute Gasteiger partial charge is 0.265 e. The number of rotatable bonds is 4. The molecule has 0 radical (unpaired) electrons. The highest BCUT2D eigenvalue weighted by Gasteiger charge is 2.20. The zero-order valence-corrected chi connectivity index (χ0v) is 13.0. The van der Waals surface area contributed by atoms with Crippen LogP contribution in [-0.2, 0) is 10.0 Å². The molecule has 0 saturated carbocycles. The van der Waals surface area contributed by atoms with E-state index >= 15 is 0 Å². The number of aryl methyl sites for hydroxylation is 2. The second kappa shape index (κ2) is 5.65. The number of ether oxygens (including phenoxy) is 1. The van der Waals surface area contributed by atoms with Gasteiger partial charge in [0.2, 0.25) is 0 Å². The van der Waals surface area contributed by atoms with Gasteiger partial charge in [-0.2, -0.15) is 0 Å². The van der Waals surface area contributed by atoms with Crippen LogP contribution >= 0.6 is 0 Å². The minimum Gasteiger partial charge on any atom is -0.495 e. The van der Waals surface area contributed by atoms with Crippen LogP contribution in [0.5, 0.6) is 5.75 Å². The summed E-state index contributed by atoms with van der Waals surface area (Å²) in [7, 11) is -2.31. The first-order valence-corrected chi connectivity index (χ1v) is 7.85. The van der Waals surface area contributed by atoms with E-state index in [0.717, 1.165) is 11.1 Å². The fourth-order valence-corrected chi connectivity index (χ4v) is 3.32. The molecule has 112 valence electrons. The number of anilines is 2. The molecular formula is C15H18N2O3S. The highest BCUT2D eigenvalue weighted by atomic mass is 32.2. The molecule has 6 heteroatoms. The molecule has 3 N–H and O–H groups in total. The predicted octanol–water partition coefficient (Wildman–Crippen LogP) is 2.70. The molecule has 2 aromatic carbocycles. The first-order valence-electron chi connectivity index (χ1n) is 6.37. The summed E-state index contributed by atoms with van der Waals surface area (Å²) < 4.78 is 32.8. The number of nitrogens with one attached hydrogen (secondary N) is 1. The average molecular weight is 306 g/mol. The van der Waals surface area contributed by atoms with Gasteiger partial charge in [-0.1, -0.05) is 12.1 Å². The highest BCUT2D eigenvalue weighted by Crippen LogP contribution is 2.28. The van der Waals surface area contributed by atoms with Crippen LogP contribution in [0.25, 0.3) is 0 Å². The van der Waals surface area contributed by atoms with Crippen LogP contribution in [0, 0.1) is 13.8 Å². The second-order valence-corrected chi connectivity index (χ2v) is 6.48. The third kappa shape index (κ3) is 3.28. The highest BCUT2D eigenvalue weighted by molar-refractivity contribution is 7.92. The fraction of sp³-hybridized carbons (Fsp3) is 0.200. The summed E-state index contributed by atoms with van der Waals surface area (Å²) in [5.41, 5.74) is 8.28. The second-order valence-electron chi connectivity index (χ2n) is 4.83. The summed E-state index contributed by atoms with van der Waals surface area (Å²) in [6, 6.07) is 10.1. The van der Waals surface area contributed by atoms with Crippen LogP contribution in [-0.4, -0.2) is 15.5 Å². The Bertz CT molecular complexity index is 770. The first-order chi connectivity index (χ1) is 9.83. The minimum absolute atomic E-state index is 0.104. The molecular weight excluding hydrogens is 288 g/mol. The molecule has 0 aliphatic heterocycles. The van der Waals surface area contributed by atoms with Gasteiger partial charge in [0.05, 0.1) is 12.8 Å². The van der Waals surface area contributed by atoms with Gasteiger partial charge in [0.25, 0.3) is 10.0 Å².